The van der Waals surface area contributed by atoms with E-state index in [1.165, 1.54) is 0 Å². The molecule has 2 N–H and O–H groups in total. The third kappa shape index (κ3) is 5.48. The van der Waals surface area contributed by atoms with Gasteiger partial charge in [0.2, 0.25) is 0 Å². The quantitative estimate of drug-likeness (QED) is 0.814. The molecule has 0 amide bonds. The lowest BCUT2D eigenvalue weighted by atomic mass is 9.87. The molecule has 98 valence electrons. The smallest absolute Gasteiger partial charge is 0.0750 e. The van der Waals surface area contributed by atoms with Gasteiger partial charge in [0.05, 0.1) is 12.7 Å². The minimum absolute atomic E-state index is 0. The molecule has 0 aromatic carbocycles. The molecule has 1 saturated heterocycles. The van der Waals surface area contributed by atoms with Crippen LogP contribution in [0.5, 0.6) is 0 Å². The highest BCUT2D eigenvalue weighted by atomic mass is 35.5. The number of morpholine rings is 1. The molecule has 1 heterocycles. The van der Waals surface area contributed by atoms with E-state index in [1.54, 1.807) is 0 Å². The second-order valence-corrected chi connectivity index (χ2v) is 6.45. The van der Waals surface area contributed by atoms with Crippen LogP contribution < -0.4 is 5.73 Å². The van der Waals surface area contributed by atoms with Crippen molar-refractivity contribution in [3.8, 4) is 0 Å². The van der Waals surface area contributed by atoms with E-state index < -0.39 is 0 Å². The molecule has 0 bridgehead atoms. The molecular weight excluding hydrogens is 224 g/mol. The highest BCUT2D eigenvalue weighted by molar-refractivity contribution is 5.85. The standard InChI is InChI=1S/C12H26N2O.ClH/c1-11(2,3)10-8-14(6-7-15-10)9-12(4,5)13;/h10H,6-9,13H2,1-5H3;1H. The Balaban J connectivity index is 0.00000225. The second kappa shape index (κ2) is 5.67. The van der Waals surface area contributed by atoms with E-state index in [1.807, 2.05) is 0 Å². The van der Waals surface area contributed by atoms with Crippen LogP contribution in [0.25, 0.3) is 0 Å². The molecule has 1 atom stereocenters. The first kappa shape index (κ1) is 16.2. The Morgan fingerprint density at radius 2 is 1.81 bits per heavy atom. The summed E-state index contributed by atoms with van der Waals surface area (Å²) in [5.74, 6) is 0. The Kier molecular flexibility index (Phi) is 5.73. The molecule has 1 aliphatic heterocycles. The number of halogens is 1. The molecule has 0 radical (unpaired) electrons. The van der Waals surface area contributed by atoms with E-state index in [0.29, 0.717) is 6.10 Å². The molecule has 0 saturated carbocycles. The lowest BCUT2D eigenvalue weighted by Gasteiger charge is -2.41. The number of hydrogen-bond acceptors (Lipinski definition) is 3. The van der Waals surface area contributed by atoms with E-state index in [0.717, 1.165) is 26.2 Å². The zero-order chi connectivity index (χ0) is 11.7. The van der Waals surface area contributed by atoms with Gasteiger partial charge in [-0.2, -0.15) is 0 Å². The lowest BCUT2D eigenvalue weighted by Crippen LogP contribution is -2.53. The monoisotopic (exact) mass is 250 g/mol. The number of nitrogens with two attached hydrogens (primary N) is 1. The maximum absolute atomic E-state index is 6.04. The summed E-state index contributed by atoms with van der Waals surface area (Å²) in [7, 11) is 0. The maximum atomic E-state index is 6.04. The highest BCUT2D eigenvalue weighted by Crippen LogP contribution is 2.25. The van der Waals surface area contributed by atoms with E-state index >= 15 is 0 Å². The van der Waals surface area contributed by atoms with Crippen LogP contribution in [0.2, 0.25) is 0 Å². The van der Waals surface area contributed by atoms with Crippen molar-refractivity contribution in [2.24, 2.45) is 11.1 Å². The fraction of sp³-hybridized carbons (Fsp3) is 1.00. The molecule has 4 heteroatoms. The Hall–Kier alpha value is 0.170. The van der Waals surface area contributed by atoms with Crippen LogP contribution in [0.4, 0.5) is 0 Å². The molecular formula is C12H27ClN2O. The van der Waals surface area contributed by atoms with Gasteiger partial charge in [-0.25, -0.2) is 0 Å². The molecule has 0 aromatic rings. The summed E-state index contributed by atoms with van der Waals surface area (Å²) >= 11 is 0. The van der Waals surface area contributed by atoms with Gasteiger partial charge >= 0.3 is 0 Å². The molecule has 1 aliphatic rings. The molecule has 3 nitrogen and oxygen atoms in total. The van der Waals surface area contributed by atoms with Gasteiger partial charge in [-0.1, -0.05) is 20.8 Å². The summed E-state index contributed by atoms with van der Waals surface area (Å²) in [5.41, 5.74) is 6.15. The summed E-state index contributed by atoms with van der Waals surface area (Å²) < 4.78 is 5.80. The number of hydrogen-bond donors (Lipinski definition) is 1. The van der Waals surface area contributed by atoms with E-state index in [9.17, 15) is 0 Å². The fourth-order valence-electron chi connectivity index (χ4n) is 1.95. The van der Waals surface area contributed by atoms with Crippen LogP contribution in [0, 0.1) is 5.41 Å². The molecule has 1 fully saturated rings. The van der Waals surface area contributed by atoms with Crippen molar-refractivity contribution < 1.29 is 4.74 Å². The van der Waals surface area contributed by atoms with E-state index in [2.05, 4.69) is 39.5 Å². The van der Waals surface area contributed by atoms with Gasteiger partial charge in [0.25, 0.3) is 0 Å². The number of nitrogens with zero attached hydrogens (tertiary/aromatic N) is 1. The summed E-state index contributed by atoms with van der Waals surface area (Å²) in [5, 5.41) is 0. The predicted molar refractivity (Wildman–Crippen MR) is 71.1 cm³/mol. The van der Waals surface area contributed by atoms with Crippen molar-refractivity contribution in [1.29, 1.82) is 0 Å². The highest BCUT2D eigenvalue weighted by Gasteiger charge is 2.31. The van der Waals surface area contributed by atoms with Crippen molar-refractivity contribution in [2.75, 3.05) is 26.2 Å². The SMILES string of the molecule is CC(C)(N)CN1CCOC(C(C)(C)C)C1.Cl. The first-order valence-corrected chi connectivity index (χ1v) is 5.81. The normalized spacial score (nSPS) is 24.0. The van der Waals surface area contributed by atoms with Crippen LogP contribution in [0.3, 0.4) is 0 Å². The van der Waals surface area contributed by atoms with Crippen LogP contribution in [-0.4, -0.2) is 42.8 Å². The Bertz CT molecular complexity index is 208. The largest absolute Gasteiger partial charge is 0.375 e. The van der Waals surface area contributed by atoms with Crippen LogP contribution in [0.15, 0.2) is 0 Å². The average Bonchev–Trinajstić information content (AvgIpc) is 1.99. The number of rotatable bonds is 2. The second-order valence-electron chi connectivity index (χ2n) is 6.45. The van der Waals surface area contributed by atoms with E-state index in [-0.39, 0.29) is 23.4 Å². The minimum atomic E-state index is -0.111. The third-order valence-electron chi connectivity index (χ3n) is 2.75. The summed E-state index contributed by atoms with van der Waals surface area (Å²) in [4.78, 5) is 2.42. The van der Waals surface area contributed by atoms with Crippen molar-refractivity contribution in [3.05, 3.63) is 0 Å². The van der Waals surface area contributed by atoms with Crippen molar-refractivity contribution in [3.63, 3.8) is 0 Å². The Morgan fingerprint density at radius 1 is 1.25 bits per heavy atom. The maximum Gasteiger partial charge on any atom is 0.0750 e. The van der Waals surface area contributed by atoms with Crippen LogP contribution >= 0.6 is 12.4 Å². The summed E-state index contributed by atoms with van der Waals surface area (Å²) in [6, 6.07) is 0. The molecule has 16 heavy (non-hydrogen) atoms. The van der Waals surface area contributed by atoms with Gasteiger partial charge in [0.1, 0.15) is 0 Å². The lowest BCUT2D eigenvalue weighted by molar-refractivity contribution is -0.0824. The van der Waals surface area contributed by atoms with Gasteiger partial charge in [-0.3, -0.25) is 4.90 Å². The minimum Gasteiger partial charge on any atom is -0.375 e. The summed E-state index contributed by atoms with van der Waals surface area (Å²) in [6.45, 7) is 14.6. The molecule has 0 aliphatic carbocycles. The van der Waals surface area contributed by atoms with Gasteiger partial charge in [0, 0.05) is 25.2 Å². The first-order chi connectivity index (χ1) is 6.68. The van der Waals surface area contributed by atoms with Crippen molar-refractivity contribution in [2.45, 2.75) is 46.3 Å². The average molecular weight is 251 g/mol. The van der Waals surface area contributed by atoms with E-state index in [4.69, 9.17) is 10.5 Å². The van der Waals surface area contributed by atoms with Crippen molar-refractivity contribution >= 4 is 12.4 Å². The van der Waals surface area contributed by atoms with Crippen molar-refractivity contribution in [1.82, 2.24) is 4.90 Å². The van der Waals surface area contributed by atoms with Gasteiger partial charge in [-0.05, 0) is 19.3 Å². The number of ether oxygens (including phenoxy) is 1. The van der Waals surface area contributed by atoms with Gasteiger partial charge < -0.3 is 10.5 Å². The molecule has 0 aromatic heterocycles. The zero-order valence-electron chi connectivity index (χ0n) is 11.2. The molecule has 1 unspecified atom stereocenters. The zero-order valence-corrected chi connectivity index (χ0v) is 12.1. The third-order valence-corrected chi connectivity index (χ3v) is 2.75. The molecule has 0 spiro atoms. The predicted octanol–water partition coefficient (Wildman–Crippen LogP) is 1.89. The Labute approximate surface area is 106 Å². The fourth-order valence-corrected chi connectivity index (χ4v) is 1.95. The van der Waals surface area contributed by atoms with Gasteiger partial charge in [0.15, 0.2) is 0 Å². The van der Waals surface area contributed by atoms with Crippen LogP contribution in [-0.2, 0) is 4.74 Å². The van der Waals surface area contributed by atoms with Gasteiger partial charge in [-0.15, -0.1) is 12.4 Å². The van der Waals surface area contributed by atoms with Crippen LogP contribution in [0.1, 0.15) is 34.6 Å². The first-order valence-electron chi connectivity index (χ1n) is 5.81. The molecule has 1 rings (SSSR count). The Morgan fingerprint density at radius 3 is 2.25 bits per heavy atom. The topological polar surface area (TPSA) is 38.5 Å². The summed E-state index contributed by atoms with van der Waals surface area (Å²) in [6.07, 6.45) is 0.327.